The molecule has 2 aromatic heterocycles. The van der Waals surface area contributed by atoms with Crippen LogP contribution >= 0.6 is 22.7 Å². The summed E-state index contributed by atoms with van der Waals surface area (Å²) >= 11 is 3.12. The first kappa shape index (κ1) is 16.5. The molecule has 24 heavy (non-hydrogen) atoms. The molecule has 0 fully saturated rings. The molecule has 0 aliphatic rings. The Hall–Kier alpha value is -2.38. The minimum Gasteiger partial charge on any atom is -0.497 e. The number of hydrogen-bond acceptors (Lipinski definition) is 6. The smallest absolute Gasteiger partial charge is 0.275 e. The molecular formula is C17H16N2O3S2. The van der Waals surface area contributed by atoms with Crippen LogP contribution in [0.25, 0.3) is 9.88 Å². The summed E-state index contributed by atoms with van der Waals surface area (Å²) in [5.74, 6) is 0.921. The molecule has 0 atom stereocenters. The summed E-state index contributed by atoms with van der Waals surface area (Å²) in [4.78, 5) is 19.2. The zero-order valence-corrected chi connectivity index (χ0v) is 15.1. The number of methoxy groups -OCH3 is 2. The first-order chi connectivity index (χ1) is 11.6. The van der Waals surface area contributed by atoms with Gasteiger partial charge in [-0.3, -0.25) is 4.79 Å². The first-order valence-electron chi connectivity index (χ1n) is 7.16. The number of aromatic nitrogens is 1. The van der Waals surface area contributed by atoms with Crippen molar-refractivity contribution in [3.05, 3.63) is 46.3 Å². The van der Waals surface area contributed by atoms with E-state index in [-0.39, 0.29) is 5.91 Å². The van der Waals surface area contributed by atoms with Gasteiger partial charge < -0.3 is 14.8 Å². The van der Waals surface area contributed by atoms with Crippen LogP contribution in [0.3, 0.4) is 0 Å². The third-order valence-electron chi connectivity index (χ3n) is 3.34. The molecule has 2 heterocycles. The molecule has 0 spiro atoms. The van der Waals surface area contributed by atoms with Gasteiger partial charge in [-0.25, -0.2) is 4.98 Å². The Morgan fingerprint density at radius 2 is 2.00 bits per heavy atom. The molecule has 0 aliphatic carbocycles. The average molecular weight is 360 g/mol. The molecule has 3 rings (SSSR count). The third kappa shape index (κ3) is 3.42. The van der Waals surface area contributed by atoms with Gasteiger partial charge in [0.15, 0.2) is 0 Å². The van der Waals surface area contributed by atoms with E-state index in [9.17, 15) is 4.79 Å². The van der Waals surface area contributed by atoms with Crippen molar-refractivity contribution in [2.24, 2.45) is 0 Å². The minimum atomic E-state index is -0.280. The molecule has 0 radical (unpaired) electrons. The zero-order valence-electron chi connectivity index (χ0n) is 13.5. The van der Waals surface area contributed by atoms with Gasteiger partial charge in [0.25, 0.3) is 5.91 Å². The van der Waals surface area contributed by atoms with Crippen molar-refractivity contribution in [3.8, 4) is 21.4 Å². The maximum atomic E-state index is 12.5. The van der Waals surface area contributed by atoms with E-state index in [1.165, 1.54) is 16.2 Å². The van der Waals surface area contributed by atoms with Gasteiger partial charge >= 0.3 is 0 Å². The number of amides is 1. The Labute approximate surface area is 147 Å². The van der Waals surface area contributed by atoms with Gasteiger partial charge in [0.1, 0.15) is 22.2 Å². The number of thiazole rings is 1. The molecular weight excluding hydrogens is 344 g/mol. The Kier molecular flexibility index (Phi) is 4.82. The maximum Gasteiger partial charge on any atom is 0.275 e. The monoisotopic (exact) mass is 360 g/mol. The molecule has 0 saturated carbocycles. The number of aryl methyl sites for hydroxylation is 1. The molecule has 3 aromatic rings. The second kappa shape index (κ2) is 7.02. The van der Waals surface area contributed by atoms with Gasteiger partial charge in [-0.1, -0.05) is 0 Å². The number of nitrogens with one attached hydrogen (secondary N) is 1. The van der Waals surface area contributed by atoms with Crippen molar-refractivity contribution in [2.45, 2.75) is 6.92 Å². The van der Waals surface area contributed by atoms with Crippen LogP contribution in [0.15, 0.2) is 35.7 Å². The third-order valence-corrected chi connectivity index (χ3v) is 5.35. The molecule has 7 heteroatoms. The van der Waals surface area contributed by atoms with Crippen molar-refractivity contribution in [2.75, 3.05) is 19.5 Å². The number of carbonyl (C=O) groups excluding carboxylic acids is 1. The van der Waals surface area contributed by atoms with Crippen LogP contribution in [0.1, 0.15) is 15.4 Å². The minimum absolute atomic E-state index is 0.280. The second-order valence-corrected chi connectivity index (χ2v) is 7.11. The number of carbonyl (C=O) groups is 1. The highest BCUT2D eigenvalue weighted by Crippen LogP contribution is 2.32. The quantitative estimate of drug-likeness (QED) is 0.730. The molecule has 0 aliphatic heterocycles. The molecule has 1 amide bonds. The second-order valence-electron chi connectivity index (χ2n) is 4.97. The number of thiophene rings is 1. The van der Waals surface area contributed by atoms with Crippen molar-refractivity contribution >= 4 is 34.3 Å². The highest BCUT2D eigenvalue weighted by molar-refractivity contribution is 7.21. The lowest BCUT2D eigenvalue weighted by Crippen LogP contribution is -2.13. The normalized spacial score (nSPS) is 10.5. The SMILES string of the molecule is COc1ccc(OC)c(NC(=O)c2csc(-c3ccc(C)s3)n2)c1. The van der Waals surface area contributed by atoms with Gasteiger partial charge in [-0.15, -0.1) is 22.7 Å². The molecule has 124 valence electrons. The number of nitrogens with zero attached hydrogens (tertiary/aromatic N) is 1. The van der Waals surface area contributed by atoms with E-state index < -0.39 is 0 Å². The maximum absolute atomic E-state index is 12.5. The predicted molar refractivity (Wildman–Crippen MR) is 97.7 cm³/mol. The molecule has 0 unspecified atom stereocenters. The van der Waals surface area contributed by atoms with Crippen LogP contribution in [0.2, 0.25) is 0 Å². The largest absolute Gasteiger partial charge is 0.497 e. The fraction of sp³-hybridized carbons (Fsp3) is 0.176. The van der Waals surface area contributed by atoms with Crippen molar-refractivity contribution in [1.29, 1.82) is 0 Å². The van der Waals surface area contributed by atoms with Crippen LogP contribution < -0.4 is 14.8 Å². The molecule has 5 nitrogen and oxygen atoms in total. The fourth-order valence-corrected chi connectivity index (χ4v) is 3.88. The Bertz CT molecular complexity index is 870. The van der Waals surface area contributed by atoms with Gasteiger partial charge in [0.05, 0.1) is 24.8 Å². The van der Waals surface area contributed by atoms with E-state index in [4.69, 9.17) is 9.47 Å². The number of anilines is 1. The van der Waals surface area contributed by atoms with Crippen LogP contribution in [0.5, 0.6) is 11.5 Å². The molecule has 0 bridgehead atoms. The lowest BCUT2D eigenvalue weighted by molar-refractivity contribution is 0.102. The van der Waals surface area contributed by atoms with Crippen LogP contribution in [-0.2, 0) is 0 Å². The van der Waals surface area contributed by atoms with E-state index in [2.05, 4.69) is 10.3 Å². The summed E-state index contributed by atoms with van der Waals surface area (Å²) in [6.07, 6.45) is 0. The lowest BCUT2D eigenvalue weighted by atomic mass is 10.2. The molecule has 0 saturated heterocycles. The van der Waals surface area contributed by atoms with Crippen molar-refractivity contribution < 1.29 is 14.3 Å². The van der Waals surface area contributed by atoms with E-state index in [1.54, 1.807) is 49.1 Å². The number of rotatable bonds is 5. The van der Waals surface area contributed by atoms with E-state index >= 15 is 0 Å². The van der Waals surface area contributed by atoms with E-state index in [0.29, 0.717) is 22.9 Å². The standard InChI is InChI=1S/C17H16N2O3S2/c1-10-4-7-15(24-10)17-19-13(9-23-17)16(20)18-12-8-11(21-2)5-6-14(12)22-3/h4-9H,1-3H3,(H,18,20). The van der Waals surface area contributed by atoms with Gasteiger partial charge in [-0.05, 0) is 31.2 Å². The Balaban J connectivity index is 1.82. The first-order valence-corrected chi connectivity index (χ1v) is 8.86. The van der Waals surface area contributed by atoms with Crippen LogP contribution in [0, 0.1) is 6.92 Å². The van der Waals surface area contributed by atoms with Crippen LogP contribution in [-0.4, -0.2) is 25.1 Å². The van der Waals surface area contributed by atoms with Gasteiger partial charge in [0, 0.05) is 16.3 Å². The highest BCUT2D eigenvalue weighted by atomic mass is 32.1. The Morgan fingerprint density at radius 1 is 1.17 bits per heavy atom. The van der Waals surface area contributed by atoms with E-state index in [0.717, 1.165) is 9.88 Å². The van der Waals surface area contributed by atoms with Crippen molar-refractivity contribution in [1.82, 2.24) is 4.98 Å². The molecule has 1 aromatic carbocycles. The lowest BCUT2D eigenvalue weighted by Gasteiger charge is -2.10. The summed E-state index contributed by atoms with van der Waals surface area (Å²) < 4.78 is 10.5. The fourth-order valence-electron chi connectivity index (χ4n) is 2.14. The van der Waals surface area contributed by atoms with Gasteiger partial charge in [0.2, 0.25) is 0 Å². The predicted octanol–water partition coefficient (Wildman–Crippen LogP) is 4.45. The highest BCUT2D eigenvalue weighted by Gasteiger charge is 2.15. The summed E-state index contributed by atoms with van der Waals surface area (Å²) in [7, 11) is 3.13. The number of benzene rings is 1. The molecule has 1 N–H and O–H groups in total. The summed E-state index contributed by atoms with van der Waals surface area (Å²) in [5, 5.41) is 5.43. The summed E-state index contributed by atoms with van der Waals surface area (Å²) in [6.45, 7) is 2.05. The zero-order chi connectivity index (χ0) is 17.1. The summed E-state index contributed by atoms with van der Waals surface area (Å²) in [6, 6.07) is 9.30. The number of hydrogen-bond donors (Lipinski definition) is 1. The van der Waals surface area contributed by atoms with Gasteiger partial charge in [-0.2, -0.15) is 0 Å². The topological polar surface area (TPSA) is 60.5 Å². The van der Waals surface area contributed by atoms with Crippen LogP contribution in [0.4, 0.5) is 5.69 Å². The van der Waals surface area contributed by atoms with E-state index in [1.807, 2.05) is 19.1 Å². The Morgan fingerprint density at radius 3 is 2.67 bits per heavy atom. The summed E-state index contributed by atoms with van der Waals surface area (Å²) in [5.41, 5.74) is 0.925. The number of ether oxygens (including phenoxy) is 2. The average Bonchev–Trinajstić information content (AvgIpc) is 3.23. The van der Waals surface area contributed by atoms with Crippen molar-refractivity contribution in [3.63, 3.8) is 0 Å².